The highest BCUT2D eigenvalue weighted by Gasteiger charge is 2.36. The summed E-state index contributed by atoms with van der Waals surface area (Å²) in [6.07, 6.45) is 4.80. The van der Waals surface area contributed by atoms with Crippen LogP contribution in [0.15, 0.2) is 30.5 Å². The molecule has 130 valence electrons. The number of para-hydroxylation sites is 2. The quantitative estimate of drug-likeness (QED) is 0.852. The van der Waals surface area contributed by atoms with Crippen molar-refractivity contribution < 1.29 is 14.3 Å². The zero-order valence-electron chi connectivity index (χ0n) is 13.9. The fraction of sp³-hybridized carbons (Fsp3) is 0.500. The Bertz CT molecular complexity index is 801. The first-order valence-electron chi connectivity index (χ1n) is 8.87. The van der Waals surface area contributed by atoms with Crippen LogP contribution in [0.25, 0.3) is 0 Å². The van der Waals surface area contributed by atoms with Crippen molar-refractivity contribution in [1.29, 1.82) is 0 Å². The molecule has 25 heavy (non-hydrogen) atoms. The Morgan fingerprint density at radius 1 is 1.16 bits per heavy atom. The van der Waals surface area contributed by atoms with Gasteiger partial charge in [-0.2, -0.15) is 0 Å². The molecule has 0 bridgehead atoms. The zero-order valence-corrected chi connectivity index (χ0v) is 13.9. The number of nitrogens with zero attached hydrogens (tertiary/aromatic N) is 4. The number of benzene rings is 1. The number of carbonyl (C=O) groups excluding carboxylic acids is 1. The second-order valence-corrected chi connectivity index (χ2v) is 6.99. The lowest BCUT2D eigenvalue weighted by molar-refractivity contribution is -0.140. The van der Waals surface area contributed by atoms with Crippen molar-refractivity contribution >= 4 is 5.91 Å². The molecule has 2 fully saturated rings. The SMILES string of the molecule is O=C([C@H]1COc2ccccc2O1)N1CC[C@H](n2cc(C3CC3)nn2)C1. The predicted octanol–water partition coefficient (Wildman–Crippen LogP) is 1.77. The molecule has 0 unspecified atom stereocenters. The standard InChI is InChI=1S/C18H20N4O3/c23-18(17-11-24-15-3-1-2-4-16(15)25-17)21-8-7-13(9-21)22-10-14(19-20-22)12-5-6-12/h1-4,10,12-13,17H,5-9,11H2/t13-,17+/m0/s1. The molecule has 3 heterocycles. The van der Waals surface area contributed by atoms with Gasteiger partial charge in [-0.05, 0) is 31.4 Å². The molecule has 0 spiro atoms. The third-order valence-corrected chi connectivity index (χ3v) is 5.16. The molecule has 2 aromatic rings. The van der Waals surface area contributed by atoms with Crippen molar-refractivity contribution in [1.82, 2.24) is 19.9 Å². The summed E-state index contributed by atoms with van der Waals surface area (Å²) >= 11 is 0. The van der Waals surface area contributed by atoms with Gasteiger partial charge in [-0.3, -0.25) is 4.79 Å². The molecule has 1 amide bonds. The Balaban J connectivity index is 1.24. The first kappa shape index (κ1) is 14.7. The summed E-state index contributed by atoms with van der Waals surface area (Å²) in [4.78, 5) is 14.6. The fourth-order valence-corrected chi connectivity index (χ4v) is 3.54. The van der Waals surface area contributed by atoms with E-state index in [4.69, 9.17) is 9.47 Å². The average molecular weight is 340 g/mol. The van der Waals surface area contributed by atoms with Crippen molar-refractivity contribution in [3.05, 3.63) is 36.2 Å². The molecule has 1 saturated carbocycles. The summed E-state index contributed by atoms with van der Waals surface area (Å²) in [7, 11) is 0. The van der Waals surface area contributed by atoms with E-state index in [1.165, 1.54) is 12.8 Å². The number of carbonyl (C=O) groups is 1. The number of rotatable bonds is 3. The van der Waals surface area contributed by atoms with Gasteiger partial charge >= 0.3 is 0 Å². The van der Waals surface area contributed by atoms with Crippen molar-refractivity contribution in [2.75, 3.05) is 19.7 Å². The van der Waals surface area contributed by atoms with Gasteiger partial charge in [0.05, 0.1) is 11.7 Å². The highest BCUT2D eigenvalue weighted by Crippen LogP contribution is 2.39. The van der Waals surface area contributed by atoms with Crippen molar-refractivity contribution in [3.8, 4) is 11.5 Å². The Morgan fingerprint density at radius 2 is 2.00 bits per heavy atom. The molecule has 0 N–H and O–H groups in total. The van der Waals surface area contributed by atoms with Gasteiger partial charge in [-0.15, -0.1) is 5.10 Å². The number of fused-ring (bicyclic) bond motifs is 1. The normalized spacial score (nSPS) is 25.2. The molecule has 1 aromatic heterocycles. The first-order chi connectivity index (χ1) is 12.3. The van der Waals surface area contributed by atoms with Crippen LogP contribution in [0, 0.1) is 0 Å². The van der Waals surface area contributed by atoms with Crippen LogP contribution in [0.4, 0.5) is 0 Å². The van der Waals surface area contributed by atoms with Gasteiger partial charge in [0.25, 0.3) is 5.91 Å². The lowest BCUT2D eigenvalue weighted by Gasteiger charge is -2.28. The van der Waals surface area contributed by atoms with E-state index in [0.29, 0.717) is 30.5 Å². The second-order valence-electron chi connectivity index (χ2n) is 6.99. The Kier molecular flexibility index (Phi) is 3.39. The lowest BCUT2D eigenvalue weighted by Crippen LogP contribution is -2.45. The topological polar surface area (TPSA) is 69.5 Å². The van der Waals surface area contributed by atoms with Crippen molar-refractivity contribution in [2.24, 2.45) is 0 Å². The zero-order chi connectivity index (χ0) is 16.8. The summed E-state index contributed by atoms with van der Waals surface area (Å²) in [6.45, 7) is 1.61. The maximum Gasteiger partial charge on any atom is 0.267 e. The van der Waals surface area contributed by atoms with Crippen LogP contribution in [0.3, 0.4) is 0 Å². The van der Waals surface area contributed by atoms with Crippen molar-refractivity contribution in [3.63, 3.8) is 0 Å². The molecule has 2 atom stereocenters. The summed E-state index contributed by atoms with van der Waals surface area (Å²) in [5.41, 5.74) is 1.09. The van der Waals surface area contributed by atoms with E-state index >= 15 is 0 Å². The molecule has 7 nitrogen and oxygen atoms in total. The first-order valence-corrected chi connectivity index (χ1v) is 8.87. The van der Waals surface area contributed by atoms with Crippen LogP contribution in [-0.4, -0.2) is 51.6 Å². The van der Waals surface area contributed by atoms with Gasteiger partial charge < -0.3 is 14.4 Å². The third-order valence-electron chi connectivity index (χ3n) is 5.16. The monoisotopic (exact) mass is 340 g/mol. The molecular weight excluding hydrogens is 320 g/mol. The van der Waals surface area contributed by atoms with Gasteiger partial charge in [0.1, 0.15) is 6.61 Å². The number of aromatic nitrogens is 3. The molecule has 1 saturated heterocycles. The molecule has 1 aromatic carbocycles. The summed E-state index contributed by atoms with van der Waals surface area (Å²) in [5.74, 6) is 1.91. The van der Waals surface area contributed by atoms with Crippen LogP contribution >= 0.6 is 0 Å². The van der Waals surface area contributed by atoms with Crippen LogP contribution in [0.1, 0.15) is 36.9 Å². The molecule has 0 radical (unpaired) electrons. The lowest BCUT2D eigenvalue weighted by atomic mass is 10.2. The second kappa shape index (κ2) is 5.75. The van der Waals surface area contributed by atoms with Gasteiger partial charge in [0.15, 0.2) is 11.5 Å². The minimum Gasteiger partial charge on any atom is -0.485 e. The van der Waals surface area contributed by atoms with E-state index in [9.17, 15) is 4.79 Å². The molecule has 1 aliphatic carbocycles. The van der Waals surface area contributed by atoms with Crippen LogP contribution in [-0.2, 0) is 4.79 Å². The average Bonchev–Trinajstić information content (AvgIpc) is 3.19. The Labute approximate surface area is 145 Å². The maximum atomic E-state index is 12.8. The number of ether oxygens (including phenoxy) is 2. The molecule has 2 aliphatic heterocycles. The van der Waals surface area contributed by atoms with Crippen LogP contribution in [0.5, 0.6) is 11.5 Å². The van der Waals surface area contributed by atoms with E-state index in [1.54, 1.807) is 0 Å². The number of hydrogen-bond donors (Lipinski definition) is 0. The number of likely N-dealkylation sites (tertiary alicyclic amines) is 1. The van der Waals surface area contributed by atoms with E-state index in [0.717, 1.165) is 12.1 Å². The molecule has 5 rings (SSSR count). The Hall–Kier alpha value is -2.57. The molecule has 3 aliphatic rings. The van der Waals surface area contributed by atoms with E-state index in [2.05, 4.69) is 10.3 Å². The maximum absolute atomic E-state index is 12.8. The summed E-state index contributed by atoms with van der Waals surface area (Å²) < 4.78 is 13.4. The van der Waals surface area contributed by atoms with E-state index < -0.39 is 6.10 Å². The smallest absolute Gasteiger partial charge is 0.267 e. The highest BCUT2D eigenvalue weighted by atomic mass is 16.6. The minimum atomic E-state index is -0.577. The summed E-state index contributed by atoms with van der Waals surface area (Å²) in [6, 6.07) is 7.65. The largest absolute Gasteiger partial charge is 0.485 e. The Morgan fingerprint density at radius 3 is 2.84 bits per heavy atom. The fourth-order valence-electron chi connectivity index (χ4n) is 3.54. The van der Waals surface area contributed by atoms with E-state index in [1.807, 2.05) is 40.0 Å². The molecular formula is C18H20N4O3. The van der Waals surface area contributed by atoms with Crippen molar-refractivity contribution in [2.45, 2.75) is 37.3 Å². The predicted molar refractivity (Wildman–Crippen MR) is 88.6 cm³/mol. The summed E-state index contributed by atoms with van der Waals surface area (Å²) in [5, 5.41) is 8.54. The minimum absolute atomic E-state index is 0.0143. The highest BCUT2D eigenvalue weighted by molar-refractivity contribution is 5.82. The van der Waals surface area contributed by atoms with Gasteiger partial charge in [0, 0.05) is 25.2 Å². The number of amides is 1. The number of hydrogen-bond acceptors (Lipinski definition) is 5. The van der Waals surface area contributed by atoms with Crippen LogP contribution in [0.2, 0.25) is 0 Å². The van der Waals surface area contributed by atoms with Crippen LogP contribution < -0.4 is 9.47 Å². The van der Waals surface area contributed by atoms with Gasteiger partial charge in [-0.1, -0.05) is 17.3 Å². The third kappa shape index (κ3) is 2.73. The van der Waals surface area contributed by atoms with Gasteiger partial charge in [0.2, 0.25) is 6.10 Å². The van der Waals surface area contributed by atoms with Gasteiger partial charge in [-0.25, -0.2) is 4.68 Å². The molecule has 7 heteroatoms. The van der Waals surface area contributed by atoms with E-state index in [-0.39, 0.29) is 18.6 Å².